The molecule has 0 aliphatic heterocycles. The fourth-order valence-corrected chi connectivity index (χ4v) is 1.90. The SMILES string of the molecule is Nc1ccc(Nc2ccc(Cl)c(Cl)c2)c(Cl)c1. The molecule has 2 nitrogen and oxygen atoms in total. The normalized spacial score (nSPS) is 10.3. The highest BCUT2D eigenvalue weighted by Crippen LogP contribution is 2.30. The van der Waals surface area contributed by atoms with Gasteiger partial charge in [0, 0.05) is 11.4 Å². The van der Waals surface area contributed by atoms with E-state index in [2.05, 4.69) is 5.32 Å². The summed E-state index contributed by atoms with van der Waals surface area (Å²) in [6, 6.07) is 10.5. The van der Waals surface area contributed by atoms with Crippen LogP contribution < -0.4 is 11.1 Å². The average molecular weight is 288 g/mol. The Labute approximate surface area is 114 Å². The number of anilines is 3. The second-order valence-corrected chi connectivity index (χ2v) is 4.71. The van der Waals surface area contributed by atoms with Gasteiger partial charge in [-0.25, -0.2) is 0 Å². The summed E-state index contributed by atoms with van der Waals surface area (Å²) in [5.41, 5.74) is 7.81. The van der Waals surface area contributed by atoms with Gasteiger partial charge in [0.05, 0.1) is 20.8 Å². The highest BCUT2D eigenvalue weighted by atomic mass is 35.5. The molecule has 2 aromatic rings. The van der Waals surface area contributed by atoms with Crippen LogP contribution in [0.25, 0.3) is 0 Å². The van der Waals surface area contributed by atoms with Crippen LogP contribution in [0.15, 0.2) is 36.4 Å². The Morgan fingerprint density at radius 1 is 0.824 bits per heavy atom. The van der Waals surface area contributed by atoms with Crippen molar-refractivity contribution in [2.24, 2.45) is 0 Å². The van der Waals surface area contributed by atoms with Gasteiger partial charge >= 0.3 is 0 Å². The molecule has 0 saturated heterocycles. The summed E-state index contributed by atoms with van der Waals surface area (Å²) < 4.78 is 0. The summed E-state index contributed by atoms with van der Waals surface area (Å²) in [6.07, 6.45) is 0. The zero-order valence-corrected chi connectivity index (χ0v) is 10.9. The molecule has 17 heavy (non-hydrogen) atoms. The lowest BCUT2D eigenvalue weighted by molar-refractivity contribution is 1.55. The fraction of sp³-hybridized carbons (Fsp3) is 0. The first-order valence-corrected chi connectivity index (χ1v) is 5.97. The summed E-state index contributed by atoms with van der Waals surface area (Å²) in [5, 5.41) is 4.69. The van der Waals surface area contributed by atoms with Crippen LogP contribution in [-0.4, -0.2) is 0 Å². The van der Waals surface area contributed by atoms with Crippen LogP contribution >= 0.6 is 34.8 Å². The predicted molar refractivity (Wildman–Crippen MR) is 75.6 cm³/mol. The monoisotopic (exact) mass is 286 g/mol. The number of hydrogen-bond acceptors (Lipinski definition) is 2. The molecule has 0 heterocycles. The molecule has 0 unspecified atom stereocenters. The van der Waals surface area contributed by atoms with Crippen molar-refractivity contribution < 1.29 is 0 Å². The van der Waals surface area contributed by atoms with Crippen molar-refractivity contribution in [3.63, 3.8) is 0 Å². The minimum Gasteiger partial charge on any atom is -0.399 e. The van der Waals surface area contributed by atoms with Crippen LogP contribution in [0.1, 0.15) is 0 Å². The van der Waals surface area contributed by atoms with E-state index in [1.54, 1.807) is 30.3 Å². The highest BCUT2D eigenvalue weighted by Gasteiger charge is 2.03. The standard InChI is InChI=1S/C12H9Cl3N2/c13-9-3-2-8(6-10(9)14)17-12-4-1-7(16)5-11(12)15/h1-6,17H,16H2. The van der Waals surface area contributed by atoms with Crippen LogP contribution in [0.5, 0.6) is 0 Å². The molecule has 0 aliphatic rings. The first-order valence-electron chi connectivity index (χ1n) is 4.83. The molecule has 0 saturated carbocycles. The van der Waals surface area contributed by atoms with Crippen molar-refractivity contribution in [2.45, 2.75) is 0 Å². The van der Waals surface area contributed by atoms with Gasteiger partial charge in [-0.15, -0.1) is 0 Å². The summed E-state index contributed by atoms with van der Waals surface area (Å²) in [7, 11) is 0. The Kier molecular flexibility index (Phi) is 3.67. The molecule has 0 aromatic heterocycles. The van der Waals surface area contributed by atoms with E-state index in [9.17, 15) is 0 Å². The second-order valence-electron chi connectivity index (χ2n) is 3.49. The predicted octanol–water partition coefficient (Wildman–Crippen LogP) is 4.97. The maximum atomic E-state index is 6.05. The van der Waals surface area contributed by atoms with Crippen molar-refractivity contribution >= 4 is 51.9 Å². The molecule has 0 spiro atoms. The molecule has 5 heteroatoms. The van der Waals surface area contributed by atoms with E-state index in [0.717, 1.165) is 11.4 Å². The van der Waals surface area contributed by atoms with Gasteiger partial charge in [-0.2, -0.15) is 0 Å². The van der Waals surface area contributed by atoms with Gasteiger partial charge in [-0.05, 0) is 36.4 Å². The highest BCUT2D eigenvalue weighted by molar-refractivity contribution is 6.42. The molecular weight excluding hydrogens is 279 g/mol. The van der Waals surface area contributed by atoms with Gasteiger partial charge in [-0.3, -0.25) is 0 Å². The Hall–Kier alpha value is -1.09. The molecule has 0 fully saturated rings. The zero-order chi connectivity index (χ0) is 12.4. The number of nitrogens with two attached hydrogens (primary N) is 1. The molecule has 3 N–H and O–H groups in total. The van der Waals surface area contributed by atoms with Crippen LogP contribution in [0.3, 0.4) is 0 Å². The summed E-state index contributed by atoms with van der Waals surface area (Å²) in [5.74, 6) is 0. The van der Waals surface area contributed by atoms with Crippen LogP contribution in [0, 0.1) is 0 Å². The number of halogens is 3. The minimum absolute atomic E-state index is 0.489. The van der Waals surface area contributed by atoms with Crippen molar-refractivity contribution in [1.29, 1.82) is 0 Å². The number of rotatable bonds is 2. The average Bonchev–Trinajstić information content (AvgIpc) is 2.27. The molecule has 88 valence electrons. The van der Waals surface area contributed by atoms with E-state index < -0.39 is 0 Å². The van der Waals surface area contributed by atoms with Gasteiger partial charge < -0.3 is 11.1 Å². The van der Waals surface area contributed by atoms with Crippen molar-refractivity contribution in [3.05, 3.63) is 51.5 Å². The molecule has 2 rings (SSSR count). The lowest BCUT2D eigenvalue weighted by atomic mass is 10.2. The summed E-state index contributed by atoms with van der Waals surface area (Å²) >= 11 is 17.8. The molecule has 0 radical (unpaired) electrons. The second kappa shape index (κ2) is 5.05. The number of benzene rings is 2. The van der Waals surface area contributed by atoms with Crippen molar-refractivity contribution in [1.82, 2.24) is 0 Å². The maximum absolute atomic E-state index is 6.05. The third-order valence-corrected chi connectivity index (χ3v) is 3.24. The van der Waals surface area contributed by atoms with Gasteiger partial charge in [0.15, 0.2) is 0 Å². The Balaban J connectivity index is 2.28. The number of nitrogen functional groups attached to an aromatic ring is 1. The van der Waals surface area contributed by atoms with E-state index in [-0.39, 0.29) is 0 Å². The van der Waals surface area contributed by atoms with Gasteiger partial charge in [0.2, 0.25) is 0 Å². The van der Waals surface area contributed by atoms with Gasteiger partial charge in [0.25, 0.3) is 0 Å². The van der Waals surface area contributed by atoms with E-state index in [0.29, 0.717) is 20.8 Å². The maximum Gasteiger partial charge on any atom is 0.0661 e. The Bertz CT molecular complexity index is 555. The first-order chi connectivity index (χ1) is 8.06. The van der Waals surface area contributed by atoms with Gasteiger partial charge in [0.1, 0.15) is 0 Å². The van der Waals surface area contributed by atoms with Crippen LogP contribution in [0.2, 0.25) is 15.1 Å². The van der Waals surface area contributed by atoms with Crippen molar-refractivity contribution in [3.8, 4) is 0 Å². The number of hydrogen-bond donors (Lipinski definition) is 2. The van der Waals surface area contributed by atoms with E-state index in [1.807, 2.05) is 6.07 Å². The van der Waals surface area contributed by atoms with E-state index in [4.69, 9.17) is 40.5 Å². The zero-order valence-electron chi connectivity index (χ0n) is 8.68. The smallest absolute Gasteiger partial charge is 0.0661 e. The first kappa shape index (κ1) is 12.4. The third kappa shape index (κ3) is 2.97. The number of nitrogens with one attached hydrogen (secondary N) is 1. The molecule has 0 atom stereocenters. The Morgan fingerprint density at radius 2 is 1.59 bits per heavy atom. The van der Waals surface area contributed by atoms with Gasteiger partial charge in [-0.1, -0.05) is 34.8 Å². The fourth-order valence-electron chi connectivity index (χ4n) is 1.36. The topological polar surface area (TPSA) is 38.0 Å². The molecular formula is C12H9Cl3N2. The van der Waals surface area contributed by atoms with E-state index in [1.165, 1.54) is 0 Å². The van der Waals surface area contributed by atoms with Crippen molar-refractivity contribution in [2.75, 3.05) is 11.1 Å². The third-order valence-electron chi connectivity index (χ3n) is 2.19. The van der Waals surface area contributed by atoms with E-state index >= 15 is 0 Å². The Morgan fingerprint density at radius 3 is 2.24 bits per heavy atom. The molecule has 2 aromatic carbocycles. The summed E-state index contributed by atoms with van der Waals surface area (Å²) in [4.78, 5) is 0. The lowest BCUT2D eigenvalue weighted by Gasteiger charge is -2.09. The largest absolute Gasteiger partial charge is 0.399 e. The molecule has 0 bridgehead atoms. The summed E-state index contributed by atoms with van der Waals surface area (Å²) in [6.45, 7) is 0. The molecule has 0 aliphatic carbocycles. The van der Waals surface area contributed by atoms with Crippen LogP contribution in [-0.2, 0) is 0 Å². The minimum atomic E-state index is 0.489. The lowest BCUT2D eigenvalue weighted by Crippen LogP contribution is -1.92. The van der Waals surface area contributed by atoms with Crippen LogP contribution in [0.4, 0.5) is 17.1 Å². The quantitative estimate of drug-likeness (QED) is 0.765. The molecule has 0 amide bonds.